The van der Waals surface area contributed by atoms with Crippen LogP contribution in [0.2, 0.25) is 0 Å². The van der Waals surface area contributed by atoms with E-state index in [1.807, 2.05) is 24.4 Å². The summed E-state index contributed by atoms with van der Waals surface area (Å²) < 4.78 is 17.7. The molecule has 1 saturated carbocycles. The largest absolute Gasteiger partial charge is 0.486 e. The lowest BCUT2D eigenvalue weighted by atomic mass is 9.87. The Bertz CT molecular complexity index is 877. The minimum absolute atomic E-state index is 0.124. The smallest absolute Gasteiger partial charge is 0.226 e. The minimum atomic E-state index is 0.124. The Morgan fingerprint density at radius 3 is 2.70 bits per heavy atom. The average molecular weight is 411 g/mol. The number of benzene rings is 1. The molecule has 5 rings (SSSR count). The standard InChI is InChI=1S/C23H30N4O3/c1-15-2-5-17(6-3-15)26-23-25-14-19(22(27-23)30-18-8-9-24-13-18)16-4-7-20-21(12-16)29-11-10-28-20/h4,7,12,14-15,17-18,24H,2-3,5-6,8-11,13H2,1H3,(H,25,26,27). The molecule has 1 atom stereocenters. The number of nitrogens with one attached hydrogen (secondary N) is 2. The summed E-state index contributed by atoms with van der Waals surface area (Å²) >= 11 is 0. The van der Waals surface area contributed by atoms with E-state index in [1.54, 1.807) is 0 Å². The molecule has 0 amide bonds. The summed E-state index contributed by atoms with van der Waals surface area (Å²) in [6.45, 7) is 5.29. The molecular weight excluding hydrogens is 380 g/mol. The molecule has 0 bridgehead atoms. The molecule has 3 heterocycles. The summed E-state index contributed by atoms with van der Waals surface area (Å²) in [6, 6.07) is 6.38. The number of hydrogen-bond acceptors (Lipinski definition) is 7. The maximum atomic E-state index is 6.33. The fraction of sp³-hybridized carbons (Fsp3) is 0.565. The van der Waals surface area contributed by atoms with Gasteiger partial charge in [0.1, 0.15) is 19.3 Å². The lowest BCUT2D eigenvalue weighted by Gasteiger charge is -2.27. The predicted octanol–water partition coefficient (Wildman–Crippen LogP) is 3.65. The van der Waals surface area contributed by atoms with Gasteiger partial charge in [-0.15, -0.1) is 0 Å². The highest BCUT2D eigenvalue weighted by atomic mass is 16.6. The van der Waals surface area contributed by atoms with Crippen molar-refractivity contribution in [3.05, 3.63) is 24.4 Å². The Kier molecular flexibility index (Phi) is 5.62. The zero-order chi connectivity index (χ0) is 20.3. The van der Waals surface area contributed by atoms with Crippen LogP contribution >= 0.6 is 0 Å². The number of ether oxygens (including phenoxy) is 3. The summed E-state index contributed by atoms with van der Waals surface area (Å²) in [5.74, 6) is 3.62. The number of hydrogen-bond donors (Lipinski definition) is 2. The molecule has 1 saturated heterocycles. The van der Waals surface area contributed by atoms with Crippen molar-refractivity contribution >= 4 is 5.95 Å². The van der Waals surface area contributed by atoms with Crippen LogP contribution in [0.25, 0.3) is 11.1 Å². The van der Waals surface area contributed by atoms with Crippen LogP contribution in [0.15, 0.2) is 24.4 Å². The van der Waals surface area contributed by atoms with Gasteiger partial charge in [-0.25, -0.2) is 4.98 Å². The molecule has 1 aromatic heterocycles. The summed E-state index contributed by atoms with van der Waals surface area (Å²) in [6.07, 6.45) is 7.81. The van der Waals surface area contributed by atoms with Gasteiger partial charge < -0.3 is 24.8 Å². The Morgan fingerprint density at radius 1 is 1.07 bits per heavy atom. The predicted molar refractivity (Wildman–Crippen MR) is 115 cm³/mol. The quantitative estimate of drug-likeness (QED) is 0.779. The van der Waals surface area contributed by atoms with E-state index < -0.39 is 0 Å². The highest BCUT2D eigenvalue weighted by Gasteiger charge is 2.23. The molecule has 3 aliphatic rings. The summed E-state index contributed by atoms with van der Waals surface area (Å²) in [4.78, 5) is 9.42. The van der Waals surface area contributed by atoms with Crippen molar-refractivity contribution in [2.24, 2.45) is 5.92 Å². The number of aromatic nitrogens is 2. The fourth-order valence-electron chi connectivity index (χ4n) is 4.41. The van der Waals surface area contributed by atoms with Crippen molar-refractivity contribution in [2.75, 3.05) is 31.6 Å². The highest BCUT2D eigenvalue weighted by molar-refractivity contribution is 5.71. The van der Waals surface area contributed by atoms with Crippen molar-refractivity contribution in [1.82, 2.24) is 15.3 Å². The van der Waals surface area contributed by atoms with Crippen molar-refractivity contribution in [3.8, 4) is 28.5 Å². The zero-order valence-electron chi connectivity index (χ0n) is 17.5. The lowest BCUT2D eigenvalue weighted by Crippen LogP contribution is -2.26. The number of nitrogens with zero attached hydrogens (tertiary/aromatic N) is 2. The first-order valence-electron chi connectivity index (χ1n) is 11.2. The molecule has 2 aliphatic heterocycles. The fourth-order valence-corrected chi connectivity index (χ4v) is 4.41. The molecule has 7 nitrogen and oxygen atoms in total. The third kappa shape index (κ3) is 4.31. The zero-order valence-corrected chi connectivity index (χ0v) is 17.5. The summed E-state index contributed by atoms with van der Waals surface area (Å²) in [5, 5.41) is 6.89. The second-order valence-corrected chi connectivity index (χ2v) is 8.60. The Labute approximate surface area is 177 Å². The van der Waals surface area contributed by atoms with Gasteiger partial charge in [0.25, 0.3) is 0 Å². The molecular formula is C23H30N4O3. The molecule has 160 valence electrons. The molecule has 30 heavy (non-hydrogen) atoms. The van der Waals surface area contributed by atoms with Crippen molar-refractivity contribution < 1.29 is 14.2 Å². The first kappa shape index (κ1) is 19.4. The molecule has 1 unspecified atom stereocenters. The molecule has 7 heteroatoms. The lowest BCUT2D eigenvalue weighted by molar-refractivity contribution is 0.171. The third-order valence-electron chi connectivity index (χ3n) is 6.25. The summed E-state index contributed by atoms with van der Waals surface area (Å²) in [5.41, 5.74) is 1.85. The van der Waals surface area contributed by atoms with Gasteiger partial charge in [-0.2, -0.15) is 4.98 Å². The Hall–Kier alpha value is -2.54. The van der Waals surface area contributed by atoms with Gasteiger partial charge in [-0.1, -0.05) is 13.0 Å². The van der Waals surface area contributed by atoms with Crippen LogP contribution in [0.1, 0.15) is 39.0 Å². The van der Waals surface area contributed by atoms with Gasteiger partial charge in [-0.3, -0.25) is 0 Å². The van der Waals surface area contributed by atoms with Gasteiger partial charge in [0, 0.05) is 18.8 Å². The maximum Gasteiger partial charge on any atom is 0.226 e. The van der Waals surface area contributed by atoms with E-state index in [-0.39, 0.29) is 6.10 Å². The third-order valence-corrected chi connectivity index (χ3v) is 6.25. The number of rotatable bonds is 5. The first-order chi connectivity index (χ1) is 14.7. The molecule has 1 aliphatic carbocycles. The van der Waals surface area contributed by atoms with Gasteiger partial charge in [0.15, 0.2) is 11.5 Å². The Morgan fingerprint density at radius 2 is 1.90 bits per heavy atom. The van der Waals surface area contributed by atoms with Crippen LogP contribution in [0.3, 0.4) is 0 Å². The molecule has 2 aromatic rings. The van der Waals surface area contributed by atoms with Gasteiger partial charge >= 0.3 is 0 Å². The van der Waals surface area contributed by atoms with E-state index in [1.165, 1.54) is 12.8 Å². The van der Waals surface area contributed by atoms with E-state index >= 15 is 0 Å². The second kappa shape index (κ2) is 8.68. The van der Waals surface area contributed by atoms with E-state index in [2.05, 4.69) is 22.5 Å². The SMILES string of the molecule is CC1CCC(Nc2ncc(-c3ccc4c(c3)OCCO4)c(OC3CCNC3)n2)CC1. The minimum Gasteiger partial charge on any atom is -0.486 e. The molecule has 0 spiro atoms. The van der Waals surface area contributed by atoms with E-state index in [4.69, 9.17) is 19.2 Å². The van der Waals surface area contributed by atoms with Gasteiger partial charge in [0.05, 0.1) is 5.56 Å². The molecule has 2 N–H and O–H groups in total. The van der Waals surface area contributed by atoms with Crippen molar-refractivity contribution in [1.29, 1.82) is 0 Å². The van der Waals surface area contributed by atoms with E-state index in [0.717, 1.165) is 60.9 Å². The van der Waals surface area contributed by atoms with E-state index in [0.29, 0.717) is 31.1 Å². The number of fused-ring (bicyclic) bond motifs is 1. The van der Waals surface area contributed by atoms with Gasteiger partial charge in [-0.05, 0) is 62.3 Å². The average Bonchev–Trinajstić information content (AvgIpc) is 3.28. The summed E-state index contributed by atoms with van der Waals surface area (Å²) in [7, 11) is 0. The normalized spacial score (nSPS) is 25.7. The Balaban J connectivity index is 1.42. The molecule has 2 fully saturated rings. The van der Waals surface area contributed by atoms with Crippen LogP contribution < -0.4 is 24.8 Å². The van der Waals surface area contributed by atoms with Crippen LogP contribution in [0, 0.1) is 5.92 Å². The van der Waals surface area contributed by atoms with Crippen molar-refractivity contribution in [3.63, 3.8) is 0 Å². The maximum absolute atomic E-state index is 6.33. The second-order valence-electron chi connectivity index (χ2n) is 8.60. The van der Waals surface area contributed by atoms with Crippen LogP contribution in [0.5, 0.6) is 17.4 Å². The first-order valence-corrected chi connectivity index (χ1v) is 11.2. The topological polar surface area (TPSA) is 77.5 Å². The number of anilines is 1. The molecule has 1 aromatic carbocycles. The van der Waals surface area contributed by atoms with Crippen LogP contribution in [0.4, 0.5) is 5.95 Å². The van der Waals surface area contributed by atoms with Crippen LogP contribution in [-0.4, -0.2) is 48.4 Å². The highest BCUT2D eigenvalue weighted by Crippen LogP contribution is 2.38. The van der Waals surface area contributed by atoms with E-state index in [9.17, 15) is 0 Å². The van der Waals surface area contributed by atoms with Crippen molar-refractivity contribution in [2.45, 2.75) is 51.2 Å². The molecule has 0 radical (unpaired) electrons. The monoisotopic (exact) mass is 410 g/mol. The van der Waals surface area contributed by atoms with Crippen LogP contribution in [-0.2, 0) is 0 Å². The van der Waals surface area contributed by atoms with Gasteiger partial charge in [0.2, 0.25) is 11.8 Å².